The van der Waals surface area contributed by atoms with Crippen molar-refractivity contribution in [2.75, 3.05) is 0 Å². The molecule has 0 bridgehead atoms. The van der Waals surface area contributed by atoms with Gasteiger partial charge in [0.1, 0.15) is 16.8 Å². The SMILES string of the molecule is CC1(C)c2ccccc2-c2ccc3cc(-c4ccc(-c5nc6c(nc5-c5ccccc5)oc5ccccc56)c5ccccc45)ccc3c21. The first-order valence-electron chi connectivity index (χ1n) is 16.5. The standard InChI is InChI=1S/C45H30N2O/c1-45(2)38-18-10-8-16-34(38)35-23-21-29-26-28(20-22-31(29)40(35)45)30-24-25-36(33-15-7-6-14-32(30)33)42-41(27-12-4-3-5-13-27)47-44-43(46-42)37-17-9-11-19-39(37)48-44/h3-26H,1-2H3. The van der Waals surface area contributed by atoms with E-state index in [1.165, 1.54) is 49.5 Å². The Hall–Kier alpha value is -6.06. The molecule has 3 nitrogen and oxygen atoms in total. The van der Waals surface area contributed by atoms with Crippen molar-refractivity contribution in [3.05, 3.63) is 157 Å². The third kappa shape index (κ3) is 3.82. The predicted octanol–water partition coefficient (Wildman–Crippen LogP) is 12.0. The Morgan fingerprint density at radius 2 is 1.17 bits per heavy atom. The normalized spacial score (nSPS) is 13.4. The van der Waals surface area contributed by atoms with Gasteiger partial charge in [0, 0.05) is 21.9 Å². The highest BCUT2D eigenvalue weighted by Crippen LogP contribution is 2.51. The molecule has 2 aromatic heterocycles. The average Bonchev–Trinajstić information content (AvgIpc) is 3.62. The molecule has 1 aliphatic rings. The van der Waals surface area contributed by atoms with E-state index < -0.39 is 0 Å². The molecule has 0 fully saturated rings. The molecule has 0 unspecified atom stereocenters. The maximum absolute atomic E-state index is 6.19. The van der Waals surface area contributed by atoms with Gasteiger partial charge in [0.2, 0.25) is 5.71 Å². The molecule has 226 valence electrons. The van der Waals surface area contributed by atoms with Crippen LogP contribution in [-0.2, 0) is 5.41 Å². The molecule has 0 saturated heterocycles. The lowest BCUT2D eigenvalue weighted by atomic mass is 9.80. The van der Waals surface area contributed by atoms with Gasteiger partial charge in [-0.2, -0.15) is 0 Å². The zero-order valence-electron chi connectivity index (χ0n) is 26.7. The zero-order chi connectivity index (χ0) is 32.0. The van der Waals surface area contributed by atoms with Gasteiger partial charge in [0.25, 0.3) is 0 Å². The summed E-state index contributed by atoms with van der Waals surface area (Å²) in [6, 6.07) is 51.9. The van der Waals surface area contributed by atoms with E-state index in [0.29, 0.717) is 5.71 Å². The van der Waals surface area contributed by atoms with Crippen LogP contribution in [0.25, 0.3) is 88.5 Å². The van der Waals surface area contributed by atoms with Crippen molar-refractivity contribution in [3.63, 3.8) is 0 Å². The van der Waals surface area contributed by atoms with Crippen LogP contribution in [0.3, 0.4) is 0 Å². The van der Waals surface area contributed by atoms with Gasteiger partial charge < -0.3 is 4.42 Å². The fourth-order valence-corrected chi connectivity index (χ4v) is 8.06. The van der Waals surface area contributed by atoms with Gasteiger partial charge in [-0.25, -0.2) is 9.97 Å². The molecule has 0 aliphatic heterocycles. The van der Waals surface area contributed by atoms with Gasteiger partial charge >= 0.3 is 0 Å². The molecule has 10 rings (SSSR count). The minimum absolute atomic E-state index is 0.0553. The number of hydrogen-bond donors (Lipinski definition) is 0. The summed E-state index contributed by atoms with van der Waals surface area (Å²) < 4.78 is 6.19. The first kappa shape index (κ1) is 27.1. The fourth-order valence-electron chi connectivity index (χ4n) is 8.06. The zero-order valence-corrected chi connectivity index (χ0v) is 26.7. The summed E-state index contributed by atoms with van der Waals surface area (Å²) >= 11 is 0. The number of para-hydroxylation sites is 1. The number of aromatic nitrogens is 2. The van der Waals surface area contributed by atoms with Crippen molar-refractivity contribution in [1.82, 2.24) is 9.97 Å². The summed E-state index contributed by atoms with van der Waals surface area (Å²) in [5.41, 5.74) is 13.7. The Bertz CT molecular complexity index is 2750. The number of rotatable bonds is 3. The molecule has 0 saturated carbocycles. The lowest BCUT2D eigenvalue weighted by Crippen LogP contribution is -2.15. The van der Waals surface area contributed by atoms with E-state index in [2.05, 4.69) is 123 Å². The number of benzene rings is 7. The molecule has 0 radical (unpaired) electrons. The van der Waals surface area contributed by atoms with E-state index in [4.69, 9.17) is 14.4 Å². The summed E-state index contributed by atoms with van der Waals surface area (Å²) in [7, 11) is 0. The summed E-state index contributed by atoms with van der Waals surface area (Å²) in [4.78, 5) is 10.4. The highest BCUT2D eigenvalue weighted by molar-refractivity contribution is 6.09. The van der Waals surface area contributed by atoms with Gasteiger partial charge in [-0.1, -0.05) is 141 Å². The van der Waals surface area contributed by atoms with Crippen LogP contribution in [0.15, 0.2) is 150 Å². The fraction of sp³-hybridized carbons (Fsp3) is 0.0667. The van der Waals surface area contributed by atoms with Crippen molar-refractivity contribution in [2.24, 2.45) is 0 Å². The first-order valence-corrected chi connectivity index (χ1v) is 16.5. The molecule has 0 atom stereocenters. The minimum atomic E-state index is -0.0553. The molecule has 3 heteroatoms. The smallest absolute Gasteiger partial charge is 0.246 e. The van der Waals surface area contributed by atoms with Gasteiger partial charge in [-0.15, -0.1) is 0 Å². The molecule has 7 aromatic carbocycles. The topological polar surface area (TPSA) is 38.9 Å². The van der Waals surface area contributed by atoms with Crippen LogP contribution in [0, 0.1) is 0 Å². The monoisotopic (exact) mass is 614 g/mol. The predicted molar refractivity (Wildman–Crippen MR) is 198 cm³/mol. The maximum atomic E-state index is 6.19. The van der Waals surface area contributed by atoms with Crippen LogP contribution in [0.4, 0.5) is 0 Å². The molecule has 1 aliphatic carbocycles. The third-order valence-corrected chi connectivity index (χ3v) is 10.3. The summed E-state index contributed by atoms with van der Waals surface area (Å²) in [6.45, 7) is 4.71. The van der Waals surface area contributed by atoms with Crippen LogP contribution in [0.5, 0.6) is 0 Å². The van der Waals surface area contributed by atoms with Crippen LogP contribution >= 0.6 is 0 Å². The van der Waals surface area contributed by atoms with E-state index >= 15 is 0 Å². The Kier molecular flexibility index (Phi) is 5.63. The van der Waals surface area contributed by atoms with E-state index in [1.807, 2.05) is 36.4 Å². The Balaban J connectivity index is 1.18. The number of furan rings is 1. The van der Waals surface area contributed by atoms with Crippen LogP contribution in [0.2, 0.25) is 0 Å². The quantitative estimate of drug-likeness (QED) is 0.199. The van der Waals surface area contributed by atoms with Crippen molar-refractivity contribution < 1.29 is 4.42 Å². The maximum Gasteiger partial charge on any atom is 0.246 e. The van der Waals surface area contributed by atoms with Gasteiger partial charge in [-0.05, 0) is 73.1 Å². The summed E-state index contributed by atoms with van der Waals surface area (Å²) in [5.74, 6) is 0. The lowest BCUT2D eigenvalue weighted by molar-refractivity contribution is 0.653. The number of nitrogens with zero attached hydrogens (tertiary/aromatic N) is 2. The molecule has 0 N–H and O–H groups in total. The second-order valence-electron chi connectivity index (χ2n) is 13.3. The molecule has 48 heavy (non-hydrogen) atoms. The molecular weight excluding hydrogens is 585 g/mol. The largest absolute Gasteiger partial charge is 0.436 e. The third-order valence-electron chi connectivity index (χ3n) is 10.3. The summed E-state index contributed by atoms with van der Waals surface area (Å²) in [6.07, 6.45) is 0. The van der Waals surface area contributed by atoms with E-state index in [0.717, 1.165) is 44.4 Å². The van der Waals surface area contributed by atoms with Crippen molar-refractivity contribution in [2.45, 2.75) is 19.3 Å². The molecule has 9 aromatic rings. The first-order chi connectivity index (χ1) is 23.6. The number of hydrogen-bond acceptors (Lipinski definition) is 3. The highest BCUT2D eigenvalue weighted by atomic mass is 16.3. The molecular formula is C45H30N2O. The second-order valence-corrected chi connectivity index (χ2v) is 13.3. The molecule has 0 amide bonds. The highest BCUT2D eigenvalue weighted by Gasteiger charge is 2.36. The van der Waals surface area contributed by atoms with E-state index in [9.17, 15) is 0 Å². The van der Waals surface area contributed by atoms with E-state index in [1.54, 1.807) is 0 Å². The second kappa shape index (κ2) is 9.97. The van der Waals surface area contributed by atoms with E-state index in [-0.39, 0.29) is 5.41 Å². The van der Waals surface area contributed by atoms with Crippen molar-refractivity contribution in [1.29, 1.82) is 0 Å². The average molecular weight is 615 g/mol. The minimum Gasteiger partial charge on any atom is -0.436 e. The van der Waals surface area contributed by atoms with Gasteiger partial charge in [0.05, 0.1) is 5.69 Å². The molecule has 2 heterocycles. The Labute approximate surface area is 278 Å². The van der Waals surface area contributed by atoms with Crippen LogP contribution in [0.1, 0.15) is 25.0 Å². The van der Waals surface area contributed by atoms with Crippen molar-refractivity contribution in [3.8, 4) is 44.8 Å². The van der Waals surface area contributed by atoms with Gasteiger partial charge in [0.15, 0.2) is 0 Å². The summed E-state index contributed by atoms with van der Waals surface area (Å²) in [5, 5.41) is 5.87. The Morgan fingerprint density at radius 3 is 2.02 bits per heavy atom. The molecule has 0 spiro atoms. The van der Waals surface area contributed by atoms with Crippen molar-refractivity contribution >= 4 is 43.7 Å². The van der Waals surface area contributed by atoms with Crippen LogP contribution in [-0.4, -0.2) is 9.97 Å². The Morgan fingerprint density at radius 1 is 0.479 bits per heavy atom. The van der Waals surface area contributed by atoms with Crippen LogP contribution < -0.4 is 0 Å². The lowest BCUT2D eigenvalue weighted by Gasteiger charge is -2.23. The number of fused-ring (bicyclic) bond motifs is 9. The van der Waals surface area contributed by atoms with Gasteiger partial charge in [-0.3, -0.25) is 0 Å².